The van der Waals surface area contributed by atoms with Crippen LogP contribution in [0.15, 0.2) is 23.3 Å². The van der Waals surface area contributed by atoms with E-state index in [4.69, 9.17) is 10.3 Å². The zero-order valence-corrected chi connectivity index (χ0v) is 11.8. The largest absolute Gasteiger partial charge is 0.467 e. The number of esters is 1. The van der Waals surface area contributed by atoms with Gasteiger partial charge in [0.05, 0.1) is 7.11 Å². The number of azide groups is 1. The summed E-state index contributed by atoms with van der Waals surface area (Å²) >= 11 is 0. The van der Waals surface area contributed by atoms with Gasteiger partial charge in [-0.25, -0.2) is 13.6 Å². The van der Waals surface area contributed by atoms with Crippen molar-refractivity contribution in [3.05, 3.63) is 45.8 Å². The molecule has 0 bridgehead atoms. The van der Waals surface area contributed by atoms with Crippen molar-refractivity contribution in [3.63, 3.8) is 0 Å². The molecule has 1 aromatic carbocycles. The average Bonchev–Trinajstić information content (AvgIpc) is 2.48. The molecule has 21 heavy (non-hydrogen) atoms. The maximum absolute atomic E-state index is 13.4. The normalized spacial score (nSPS) is 13.1. The van der Waals surface area contributed by atoms with Gasteiger partial charge in [0.15, 0.2) is 11.6 Å². The summed E-state index contributed by atoms with van der Waals surface area (Å²) in [5.74, 6) is -2.66. The predicted molar refractivity (Wildman–Crippen MR) is 72.4 cm³/mol. The predicted octanol–water partition coefficient (Wildman–Crippen LogP) is 2.64. The van der Waals surface area contributed by atoms with E-state index in [0.717, 1.165) is 12.1 Å². The second kappa shape index (κ2) is 7.56. The zero-order chi connectivity index (χ0) is 15.9. The standard InChI is InChI=1S/C13H16F2N4O2/c1-13(12(20)21-2,17-6-3-7-18-19-16)9-4-5-10(14)11(15)8-9/h4-5,8,17H,3,6-7H2,1-2H3. The Balaban J connectivity index is 2.94. The van der Waals surface area contributed by atoms with Crippen LogP contribution in [0.3, 0.4) is 0 Å². The van der Waals surface area contributed by atoms with Crippen LogP contribution in [0.2, 0.25) is 0 Å². The van der Waals surface area contributed by atoms with Crippen molar-refractivity contribution in [2.24, 2.45) is 5.11 Å². The molecule has 0 aromatic heterocycles. The average molecular weight is 298 g/mol. The van der Waals surface area contributed by atoms with Gasteiger partial charge in [-0.3, -0.25) is 5.32 Å². The maximum atomic E-state index is 13.4. The summed E-state index contributed by atoms with van der Waals surface area (Å²) in [4.78, 5) is 14.6. The number of benzene rings is 1. The van der Waals surface area contributed by atoms with Gasteiger partial charge in [0.1, 0.15) is 5.54 Å². The number of nitrogens with zero attached hydrogens (tertiary/aromatic N) is 3. The molecule has 1 rings (SSSR count). The molecular formula is C13H16F2N4O2. The van der Waals surface area contributed by atoms with E-state index in [1.165, 1.54) is 20.1 Å². The minimum atomic E-state index is -1.32. The van der Waals surface area contributed by atoms with Crippen molar-refractivity contribution in [1.82, 2.24) is 5.32 Å². The number of carbonyl (C=O) groups is 1. The number of hydrogen-bond acceptors (Lipinski definition) is 4. The van der Waals surface area contributed by atoms with E-state index in [-0.39, 0.29) is 12.1 Å². The van der Waals surface area contributed by atoms with Gasteiger partial charge in [0, 0.05) is 11.5 Å². The molecule has 1 N–H and O–H groups in total. The molecule has 0 amide bonds. The first-order valence-corrected chi connectivity index (χ1v) is 6.25. The summed E-state index contributed by atoms with van der Waals surface area (Å²) in [5.41, 5.74) is 7.10. The van der Waals surface area contributed by atoms with Crippen LogP contribution < -0.4 is 5.32 Å². The van der Waals surface area contributed by atoms with Crippen molar-refractivity contribution < 1.29 is 18.3 Å². The lowest BCUT2D eigenvalue weighted by Gasteiger charge is -2.28. The van der Waals surface area contributed by atoms with Crippen molar-refractivity contribution in [2.75, 3.05) is 20.2 Å². The van der Waals surface area contributed by atoms with Crippen LogP contribution in [-0.4, -0.2) is 26.2 Å². The monoisotopic (exact) mass is 298 g/mol. The Morgan fingerprint density at radius 1 is 1.48 bits per heavy atom. The van der Waals surface area contributed by atoms with E-state index < -0.39 is 23.1 Å². The van der Waals surface area contributed by atoms with Gasteiger partial charge in [0.25, 0.3) is 0 Å². The molecule has 8 heteroatoms. The third-order valence-electron chi connectivity index (χ3n) is 3.07. The van der Waals surface area contributed by atoms with Crippen LogP contribution in [0.25, 0.3) is 10.4 Å². The quantitative estimate of drug-likeness (QED) is 0.276. The number of nitrogens with one attached hydrogen (secondary N) is 1. The third-order valence-corrected chi connectivity index (χ3v) is 3.07. The number of methoxy groups -OCH3 is 1. The molecule has 0 aliphatic heterocycles. The Kier molecular flexibility index (Phi) is 6.08. The lowest BCUT2D eigenvalue weighted by Crippen LogP contribution is -2.48. The van der Waals surface area contributed by atoms with Gasteiger partial charge in [-0.15, -0.1) is 0 Å². The van der Waals surface area contributed by atoms with Gasteiger partial charge >= 0.3 is 5.97 Å². The lowest BCUT2D eigenvalue weighted by atomic mass is 9.91. The Labute approximate surface area is 120 Å². The van der Waals surface area contributed by atoms with Crippen molar-refractivity contribution in [1.29, 1.82) is 0 Å². The second-order valence-corrected chi connectivity index (χ2v) is 4.48. The van der Waals surface area contributed by atoms with Gasteiger partial charge in [-0.05, 0) is 43.1 Å². The van der Waals surface area contributed by atoms with Gasteiger partial charge in [-0.2, -0.15) is 0 Å². The summed E-state index contributed by atoms with van der Waals surface area (Å²) in [6.07, 6.45) is 0.486. The first-order chi connectivity index (χ1) is 9.95. The molecule has 6 nitrogen and oxygen atoms in total. The third kappa shape index (κ3) is 4.14. The molecule has 0 saturated carbocycles. The van der Waals surface area contributed by atoms with Crippen molar-refractivity contribution in [2.45, 2.75) is 18.9 Å². The van der Waals surface area contributed by atoms with Crippen molar-refractivity contribution in [3.8, 4) is 0 Å². The SMILES string of the molecule is COC(=O)C(C)(NCCCN=[N+]=[N-])c1ccc(F)c(F)c1. The van der Waals surface area contributed by atoms with Crippen LogP contribution in [-0.2, 0) is 15.1 Å². The fourth-order valence-corrected chi connectivity index (χ4v) is 1.84. The fourth-order valence-electron chi connectivity index (χ4n) is 1.84. The van der Waals surface area contributed by atoms with Gasteiger partial charge in [-0.1, -0.05) is 11.2 Å². The summed E-state index contributed by atoms with van der Waals surface area (Å²) in [7, 11) is 1.21. The molecule has 0 spiro atoms. The summed E-state index contributed by atoms with van der Waals surface area (Å²) < 4.78 is 31.1. The minimum absolute atomic E-state index is 0.247. The number of rotatable bonds is 7. The summed E-state index contributed by atoms with van der Waals surface area (Å²) in [6, 6.07) is 3.22. The zero-order valence-electron chi connectivity index (χ0n) is 11.8. The molecule has 0 aliphatic carbocycles. The molecule has 0 aliphatic rings. The molecule has 0 heterocycles. The number of ether oxygens (including phenoxy) is 1. The van der Waals surface area contributed by atoms with Gasteiger partial charge < -0.3 is 4.74 Å². The first kappa shape index (κ1) is 16.9. The molecular weight excluding hydrogens is 282 g/mol. The highest BCUT2D eigenvalue weighted by molar-refractivity contribution is 5.82. The molecule has 1 unspecified atom stereocenters. The molecule has 1 atom stereocenters. The Morgan fingerprint density at radius 3 is 2.76 bits per heavy atom. The smallest absolute Gasteiger partial charge is 0.330 e. The van der Waals surface area contributed by atoms with Crippen LogP contribution in [0, 0.1) is 11.6 Å². The Morgan fingerprint density at radius 2 is 2.19 bits per heavy atom. The number of hydrogen-bond donors (Lipinski definition) is 1. The number of halogens is 2. The van der Waals surface area contributed by atoms with E-state index in [1.54, 1.807) is 0 Å². The van der Waals surface area contributed by atoms with E-state index in [1.807, 2.05) is 0 Å². The first-order valence-electron chi connectivity index (χ1n) is 6.25. The van der Waals surface area contributed by atoms with Crippen LogP contribution in [0.4, 0.5) is 8.78 Å². The maximum Gasteiger partial charge on any atom is 0.330 e. The molecule has 1 aromatic rings. The number of carbonyl (C=O) groups excluding carboxylic acids is 1. The minimum Gasteiger partial charge on any atom is -0.467 e. The lowest BCUT2D eigenvalue weighted by molar-refractivity contribution is -0.148. The molecule has 114 valence electrons. The van der Waals surface area contributed by atoms with E-state index in [0.29, 0.717) is 13.0 Å². The summed E-state index contributed by atoms with van der Waals surface area (Å²) in [5, 5.41) is 6.29. The van der Waals surface area contributed by atoms with Gasteiger partial charge in [0.2, 0.25) is 0 Å². The Bertz CT molecular complexity index is 561. The molecule has 0 fully saturated rings. The van der Waals surface area contributed by atoms with E-state index in [9.17, 15) is 13.6 Å². The highest BCUT2D eigenvalue weighted by atomic mass is 19.2. The molecule has 0 radical (unpaired) electrons. The topological polar surface area (TPSA) is 87.1 Å². The van der Waals surface area contributed by atoms with E-state index in [2.05, 4.69) is 15.3 Å². The summed E-state index contributed by atoms with van der Waals surface area (Å²) in [6.45, 7) is 2.11. The van der Waals surface area contributed by atoms with E-state index >= 15 is 0 Å². The van der Waals surface area contributed by atoms with Crippen LogP contribution >= 0.6 is 0 Å². The van der Waals surface area contributed by atoms with Crippen LogP contribution in [0.1, 0.15) is 18.9 Å². The fraction of sp³-hybridized carbons (Fsp3) is 0.462. The van der Waals surface area contributed by atoms with Crippen LogP contribution in [0.5, 0.6) is 0 Å². The highest BCUT2D eigenvalue weighted by Gasteiger charge is 2.36. The molecule has 0 saturated heterocycles. The second-order valence-electron chi connectivity index (χ2n) is 4.48. The van der Waals surface area contributed by atoms with Crippen molar-refractivity contribution >= 4 is 5.97 Å². The highest BCUT2D eigenvalue weighted by Crippen LogP contribution is 2.24. The Hall–Kier alpha value is -2.18.